The van der Waals surface area contributed by atoms with Gasteiger partial charge < -0.3 is 5.11 Å². The Balaban J connectivity index is 3.85. The molecule has 0 aliphatic rings. The Bertz CT molecular complexity index is 150. The number of rotatable bonds is 6. The summed E-state index contributed by atoms with van der Waals surface area (Å²) in [5, 5.41) is 8.75. The molecule has 0 amide bonds. The first kappa shape index (κ1) is 11.2. The van der Waals surface area contributed by atoms with Crippen molar-refractivity contribution < 1.29 is 9.90 Å². The molecule has 12 heavy (non-hydrogen) atoms. The van der Waals surface area contributed by atoms with Crippen LogP contribution < -0.4 is 0 Å². The average Bonchev–Trinajstić information content (AvgIpc) is 2.03. The van der Waals surface area contributed by atoms with E-state index in [9.17, 15) is 4.79 Å². The summed E-state index contributed by atoms with van der Waals surface area (Å²) in [6.45, 7) is 4.09. The lowest BCUT2D eigenvalue weighted by Crippen LogP contribution is -2.10. The van der Waals surface area contributed by atoms with Crippen LogP contribution in [0.25, 0.3) is 0 Å². The van der Waals surface area contributed by atoms with E-state index >= 15 is 0 Å². The average molecular weight is 170 g/mol. The van der Waals surface area contributed by atoms with Gasteiger partial charge in [0.15, 0.2) is 0 Å². The van der Waals surface area contributed by atoms with Crippen molar-refractivity contribution in [2.75, 3.05) is 0 Å². The Labute approximate surface area is 74.3 Å². The molecule has 0 saturated heterocycles. The minimum absolute atomic E-state index is 0.276. The molecule has 1 unspecified atom stereocenters. The fraction of sp³-hybridized carbons (Fsp3) is 0.700. The van der Waals surface area contributed by atoms with Crippen LogP contribution in [0.5, 0.6) is 0 Å². The normalized spacial score (nSPS) is 13.5. The molecule has 0 bridgehead atoms. The molecule has 0 aliphatic heterocycles. The van der Waals surface area contributed by atoms with Gasteiger partial charge in [0.25, 0.3) is 0 Å². The van der Waals surface area contributed by atoms with Gasteiger partial charge in [0, 0.05) is 0 Å². The van der Waals surface area contributed by atoms with Gasteiger partial charge in [0.2, 0.25) is 0 Å². The van der Waals surface area contributed by atoms with E-state index < -0.39 is 5.97 Å². The van der Waals surface area contributed by atoms with Crippen molar-refractivity contribution in [1.29, 1.82) is 0 Å². The van der Waals surface area contributed by atoms with Gasteiger partial charge in [-0.2, -0.15) is 0 Å². The van der Waals surface area contributed by atoms with Gasteiger partial charge in [0.1, 0.15) is 0 Å². The van der Waals surface area contributed by atoms with Crippen molar-refractivity contribution >= 4 is 5.97 Å². The second-order valence-corrected chi connectivity index (χ2v) is 2.95. The lowest BCUT2D eigenvalue weighted by Gasteiger charge is -2.03. The standard InChI is InChI=1S/C10H18O2/c1-3-5-6-8-9(7-4-2)10(11)12/h6,8-9H,3-5,7H2,1-2H3,(H,11,12)/b8-6-. The minimum atomic E-state index is -0.704. The Morgan fingerprint density at radius 3 is 2.50 bits per heavy atom. The largest absolute Gasteiger partial charge is 0.481 e. The lowest BCUT2D eigenvalue weighted by atomic mass is 10.0. The van der Waals surface area contributed by atoms with Crippen LogP contribution >= 0.6 is 0 Å². The maximum absolute atomic E-state index is 10.6. The number of hydrogen-bond donors (Lipinski definition) is 1. The van der Waals surface area contributed by atoms with E-state index in [1.807, 2.05) is 19.1 Å². The van der Waals surface area contributed by atoms with Crippen LogP contribution in [-0.4, -0.2) is 11.1 Å². The lowest BCUT2D eigenvalue weighted by molar-refractivity contribution is -0.140. The van der Waals surface area contributed by atoms with Crippen LogP contribution in [0.4, 0.5) is 0 Å². The molecule has 0 heterocycles. The van der Waals surface area contributed by atoms with Crippen molar-refractivity contribution in [2.24, 2.45) is 5.92 Å². The van der Waals surface area contributed by atoms with Gasteiger partial charge in [-0.25, -0.2) is 0 Å². The molecule has 0 spiro atoms. The third kappa shape index (κ3) is 4.94. The summed E-state index contributed by atoms with van der Waals surface area (Å²) >= 11 is 0. The zero-order valence-corrected chi connectivity index (χ0v) is 7.92. The molecular formula is C10H18O2. The molecule has 0 fully saturated rings. The zero-order valence-electron chi connectivity index (χ0n) is 7.92. The number of carboxylic acid groups (broad SMARTS) is 1. The van der Waals surface area contributed by atoms with E-state index in [0.29, 0.717) is 0 Å². The molecule has 0 radical (unpaired) electrons. The molecule has 1 atom stereocenters. The molecule has 0 saturated carbocycles. The predicted molar refractivity (Wildman–Crippen MR) is 50.1 cm³/mol. The van der Waals surface area contributed by atoms with E-state index in [-0.39, 0.29) is 5.92 Å². The topological polar surface area (TPSA) is 37.3 Å². The van der Waals surface area contributed by atoms with Gasteiger partial charge in [-0.15, -0.1) is 0 Å². The highest BCUT2D eigenvalue weighted by molar-refractivity contribution is 5.72. The fourth-order valence-corrected chi connectivity index (χ4v) is 1.04. The van der Waals surface area contributed by atoms with Gasteiger partial charge in [-0.3, -0.25) is 4.79 Å². The molecule has 1 N–H and O–H groups in total. The van der Waals surface area contributed by atoms with Crippen LogP contribution in [0.3, 0.4) is 0 Å². The second kappa shape index (κ2) is 6.89. The quantitative estimate of drug-likeness (QED) is 0.622. The monoisotopic (exact) mass is 170 g/mol. The van der Waals surface area contributed by atoms with E-state index in [4.69, 9.17) is 5.11 Å². The smallest absolute Gasteiger partial charge is 0.310 e. The highest BCUT2D eigenvalue weighted by Gasteiger charge is 2.11. The highest BCUT2D eigenvalue weighted by atomic mass is 16.4. The van der Waals surface area contributed by atoms with Gasteiger partial charge in [0.05, 0.1) is 5.92 Å². The van der Waals surface area contributed by atoms with E-state index in [2.05, 4.69) is 6.92 Å². The molecule has 2 heteroatoms. The van der Waals surface area contributed by atoms with E-state index in [1.165, 1.54) is 0 Å². The van der Waals surface area contributed by atoms with E-state index in [1.54, 1.807) is 0 Å². The number of aliphatic carboxylic acids is 1. The molecule has 0 aromatic carbocycles. The SMILES string of the molecule is CCC/C=C\C(CCC)C(=O)O. The Kier molecular flexibility index (Phi) is 6.44. The third-order valence-corrected chi connectivity index (χ3v) is 1.74. The number of carbonyl (C=O) groups is 1. The summed E-state index contributed by atoms with van der Waals surface area (Å²) in [4.78, 5) is 10.6. The number of unbranched alkanes of at least 4 members (excludes halogenated alkanes) is 1. The number of allylic oxidation sites excluding steroid dienone is 1. The molecule has 0 aromatic heterocycles. The predicted octanol–water partition coefficient (Wildman–Crippen LogP) is 2.84. The minimum Gasteiger partial charge on any atom is -0.481 e. The van der Waals surface area contributed by atoms with Crippen LogP contribution in [0.2, 0.25) is 0 Å². The first-order valence-electron chi connectivity index (χ1n) is 4.61. The molecule has 0 aromatic rings. The van der Waals surface area contributed by atoms with Gasteiger partial charge in [-0.1, -0.05) is 38.8 Å². The van der Waals surface area contributed by atoms with Crippen LogP contribution in [0.1, 0.15) is 39.5 Å². The maximum atomic E-state index is 10.6. The Morgan fingerprint density at radius 2 is 2.08 bits per heavy atom. The summed E-state index contributed by atoms with van der Waals surface area (Å²) in [7, 11) is 0. The highest BCUT2D eigenvalue weighted by Crippen LogP contribution is 2.08. The first-order chi connectivity index (χ1) is 5.72. The molecule has 0 rings (SSSR count). The molecule has 2 nitrogen and oxygen atoms in total. The fourth-order valence-electron chi connectivity index (χ4n) is 1.04. The van der Waals surface area contributed by atoms with Crippen molar-refractivity contribution in [3.05, 3.63) is 12.2 Å². The van der Waals surface area contributed by atoms with Crippen LogP contribution in [0.15, 0.2) is 12.2 Å². The molecule has 0 aliphatic carbocycles. The van der Waals surface area contributed by atoms with Gasteiger partial charge >= 0.3 is 5.97 Å². The number of hydrogen-bond acceptors (Lipinski definition) is 1. The zero-order chi connectivity index (χ0) is 9.40. The number of carboxylic acids is 1. The Hall–Kier alpha value is -0.790. The first-order valence-corrected chi connectivity index (χ1v) is 4.61. The summed E-state index contributed by atoms with van der Waals surface area (Å²) in [5.74, 6) is -0.981. The van der Waals surface area contributed by atoms with Crippen molar-refractivity contribution in [3.8, 4) is 0 Å². The second-order valence-electron chi connectivity index (χ2n) is 2.95. The summed E-state index contributed by atoms with van der Waals surface area (Å²) in [5.41, 5.74) is 0. The summed E-state index contributed by atoms with van der Waals surface area (Å²) in [6, 6.07) is 0. The molecular weight excluding hydrogens is 152 g/mol. The molecule has 70 valence electrons. The van der Waals surface area contributed by atoms with Crippen LogP contribution in [0, 0.1) is 5.92 Å². The van der Waals surface area contributed by atoms with E-state index in [0.717, 1.165) is 25.7 Å². The van der Waals surface area contributed by atoms with Crippen LogP contribution in [-0.2, 0) is 4.79 Å². The van der Waals surface area contributed by atoms with Crippen molar-refractivity contribution in [3.63, 3.8) is 0 Å². The maximum Gasteiger partial charge on any atom is 0.310 e. The Morgan fingerprint density at radius 1 is 1.42 bits per heavy atom. The summed E-state index contributed by atoms with van der Waals surface area (Å²) < 4.78 is 0. The van der Waals surface area contributed by atoms with Crippen molar-refractivity contribution in [1.82, 2.24) is 0 Å². The summed E-state index contributed by atoms with van der Waals surface area (Å²) in [6.07, 6.45) is 7.51. The van der Waals surface area contributed by atoms with Crippen molar-refractivity contribution in [2.45, 2.75) is 39.5 Å². The third-order valence-electron chi connectivity index (χ3n) is 1.74. The van der Waals surface area contributed by atoms with Gasteiger partial charge in [-0.05, 0) is 12.8 Å².